The van der Waals surface area contributed by atoms with Gasteiger partial charge in [0, 0.05) is 32.1 Å². The molecule has 1 aromatic carbocycles. The number of benzene rings is 1. The standard InChI is InChI=1S/C22H28N2O2/c1-3-22(19-9-5-4-6-10-19,21(25)24(2)20-11-12-20)26-17-7-8-18-13-15-23-16-14-18/h4-6,9-10,13-16,20H,3,7-8,11-12,17H2,1-2H3. The van der Waals surface area contributed by atoms with Crippen LogP contribution in [0.2, 0.25) is 0 Å². The van der Waals surface area contributed by atoms with Crippen LogP contribution in [0.4, 0.5) is 0 Å². The molecule has 0 saturated heterocycles. The highest BCUT2D eigenvalue weighted by Crippen LogP contribution is 2.36. The number of carbonyl (C=O) groups excluding carboxylic acids is 1. The Labute approximate surface area is 156 Å². The molecule has 1 aromatic heterocycles. The number of aryl methyl sites for hydroxylation is 1. The Balaban J connectivity index is 1.72. The molecule has 1 heterocycles. The minimum absolute atomic E-state index is 0.0811. The maximum atomic E-state index is 13.3. The molecule has 0 spiro atoms. The molecule has 1 aliphatic rings. The van der Waals surface area contributed by atoms with Crippen molar-refractivity contribution in [1.82, 2.24) is 9.88 Å². The number of hydrogen-bond acceptors (Lipinski definition) is 3. The van der Waals surface area contributed by atoms with Gasteiger partial charge < -0.3 is 9.64 Å². The highest BCUT2D eigenvalue weighted by atomic mass is 16.5. The second-order valence-electron chi connectivity index (χ2n) is 7.00. The number of hydrogen-bond donors (Lipinski definition) is 0. The van der Waals surface area contributed by atoms with Crippen LogP contribution in [0.5, 0.6) is 0 Å². The van der Waals surface area contributed by atoms with Gasteiger partial charge in [-0.1, -0.05) is 37.3 Å². The van der Waals surface area contributed by atoms with Crippen LogP contribution in [0, 0.1) is 0 Å². The first-order valence-corrected chi connectivity index (χ1v) is 9.53. The molecular formula is C22H28N2O2. The van der Waals surface area contributed by atoms with Crippen LogP contribution in [0.15, 0.2) is 54.9 Å². The number of rotatable bonds is 9. The fourth-order valence-corrected chi connectivity index (χ4v) is 3.42. The molecule has 2 aromatic rings. The molecule has 3 rings (SSSR count). The molecule has 1 fully saturated rings. The van der Waals surface area contributed by atoms with Gasteiger partial charge >= 0.3 is 0 Å². The first-order valence-electron chi connectivity index (χ1n) is 9.53. The number of aromatic nitrogens is 1. The van der Waals surface area contributed by atoms with Crippen molar-refractivity contribution < 1.29 is 9.53 Å². The SMILES string of the molecule is CCC(OCCCc1ccncc1)(C(=O)N(C)C1CC1)c1ccccc1. The van der Waals surface area contributed by atoms with Gasteiger partial charge in [0.05, 0.1) is 0 Å². The Hall–Kier alpha value is -2.20. The number of likely N-dealkylation sites (N-methyl/N-ethyl adjacent to an activating group) is 1. The topological polar surface area (TPSA) is 42.4 Å². The molecule has 1 unspecified atom stereocenters. The summed E-state index contributed by atoms with van der Waals surface area (Å²) in [6.45, 7) is 2.59. The molecule has 1 aliphatic carbocycles. The fraction of sp³-hybridized carbons (Fsp3) is 0.455. The number of ether oxygens (including phenoxy) is 1. The van der Waals surface area contributed by atoms with Crippen molar-refractivity contribution in [3.8, 4) is 0 Å². The molecule has 1 amide bonds. The van der Waals surface area contributed by atoms with Gasteiger partial charge in [0.1, 0.15) is 0 Å². The molecule has 1 saturated carbocycles. The average molecular weight is 352 g/mol. The van der Waals surface area contributed by atoms with Crippen LogP contribution in [0.3, 0.4) is 0 Å². The predicted molar refractivity (Wildman–Crippen MR) is 103 cm³/mol. The first-order chi connectivity index (χ1) is 12.7. The third kappa shape index (κ3) is 4.13. The lowest BCUT2D eigenvalue weighted by atomic mass is 9.89. The third-order valence-electron chi connectivity index (χ3n) is 5.21. The monoisotopic (exact) mass is 352 g/mol. The van der Waals surface area contributed by atoms with E-state index in [0.29, 0.717) is 19.1 Å². The molecular weight excluding hydrogens is 324 g/mol. The maximum Gasteiger partial charge on any atom is 0.259 e. The van der Waals surface area contributed by atoms with E-state index >= 15 is 0 Å². The highest BCUT2D eigenvalue weighted by Gasteiger charge is 2.44. The summed E-state index contributed by atoms with van der Waals surface area (Å²) < 4.78 is 6.34. The lowest BCUT2D eigenvalue weighted by Gasteiger charge is -2.36. The third-order valence-corrected chi connectivity index (χ3v) is 5.21. The van der Waals surface area contributed by atoms with Gasteiger partial charge in [-0.3, -0.25) is 9.78 Å². The molecule has 0 radical (unpaired) electrons. The van der Waals surface area contributed by atoms with Crippen molar-refractivity contribution in [3.63, 3.8) is 0 Å². The largest absolute Gasteiger partial charge is 0.360 e. The molecule has 0 bridgehead atoms. The number of carbonyl (C=O) groups is 1. The second-order valence-corrected chi connectivity index (χ2v) is 7.00. The smallest absolute Gasteiger partial charge is 0.259 e. The van der Waals surface area contributed by atoms with Gasteiger partial charge in [0.15, 0.2) is 5.60 Å². The molecule has 4 nitrogen and oxygen atoms in total. The highest BCUT2D eigenvalue weighted by molar-refractivity contribution is 5.87. The Morgan fingerprint density at radius 1 is 1.19 bits per heavy atom. The van der Waals surface area contributed by atoms with E-state index in [-0.39, 0.29) is 5.91 Å². The fourth-order valence-electron chi connectivity index (χ4n) is 3.42. The summed E-state index contributed by atoms with van der Waals surface area (Å²) in [6, 6.07) is 14.4. The molecule has 1 atom stereocenters. The van der Waals surface area contributed by atoms with E-state index in [2.05, 4.69) is 4.98 Å². The summed E-state index contributed by atoms with van der Waals surface area (Å²) in [5.74, 6) is 0.0811. The van der Waals surface area contributed by atoms with E-state index in [1.807, 2.05) is 73.7 Å². The average Bonchev–Trinajstić information content (AvgIpc) is 3.54. The zero-order valence-electron chi connectivity index (χ0n) is 15.7. The molecule has 138 valence electrons. The van der Waals surface area contributed by atoms with Crippen LogP contribution in [0.1, 0.15) is 43.7 Å². The lowest BCUT2D eigenvalue weighted by molar-refractivity contribution is -0.160. The van der Waals surface area contributed by atoms with Gasteiger partial charge in [-0.15, -0.1) is 0 Å². The first kappa shape index (κ1) is 18.6. The molecule has 0 aliphatic heterocycles. The van der Waals surface area contributed by atoms with Crippen molar-refractivity contribution in [1.29, 1.82) is 0 Å². The van der Waals surface area contributed by atoms with Crippen molar-refractivity contribution in [2.45, 2.75) is 50.7 Å². The summed E-state index contributed by atoms with van der Waals surface area (Å²) in [7, 11) is 1.91. The van der Waals surface area contributed by atoms with Gasteiger partial charge in [0.25, 0.3) is 5.91 Å². The zero-order chi connectivity index (χ0) is 18.4. The predicted octanol–water partition coefficient (Wildman–Crippen LogP) is 3.96. The minimum Gasteiger partial charge on any atom is -0.360 e. The molecule has 26 heavy (non-hydrogen) atoms. The van der Waals surface area contributed by atoms with Gasteiger partial charge in [0.2, 0.25) is 0 Å². The maximum absolute atomic E-state index is 13.3. The zero-order valence-corrected chi connectivity index (χ0v) is 15.7. The van der Waals surface area contributed by atoms with Gasteiger partial charge in [-0.25, -0.2) is 0 Å². The number of amides is 1. The van der Waals surface area contributed by atoms with Crippen LogP contribution in [0.25, 0.3) is 0 Å². The normalized spacial score (nSPS) is 16.1. The Morgan fingerprint density at radius 2 is 1.88 bits per heavy atom. The summed E-state index contributed by atoms with van der Waals surface area (Å²) in [6.07, 6.45) is 8.23. The molecule has 4 heteroatoms. The van der Waals surface area contributed by atoms with Crippen LogP contribution < -0.4 is 0 Å². The van der Waals surface area contributed by atoms with Gasteiger partial charge in [-0.05, 0) is 55.4 Å². The second kappa shape index (κ2) is 8.45. The Kier molecular flexibility index (Phi) is 6.04. The minimum atomic E-state index is -0.892. The van der Waals surface area contributed by atoms with Crippen molar-refractivity contribution in [3.05, 3.63) is 66.0 Å². The van der Waals surface area contributed by atoms with E-state index in [1.165, 1.54) is 5.56 Å². The summed E-state index contributed by atoms with van der Waals surface area (Å²) in [5.41, 5.74) is 1.30. The summed E-state index contributed by atoms with van der Waals surface area (Å²) in [4.78, 5) is 19.3. The van der Waals surface area contributed by atoms with Crippen molar-refractivity contribution in [2.75, 3.05) is 13.7 Å². The van der Waals surface area contributed by atoms with Crippen LogP contribution in [-0.4, -0.2) is 35.5 Å². The molecule has 0 N–H and O–H groups in total. The Bertz CT molecular complexity index is 701. The van der Waals surface area contributed by atoms with Gasteiger partial charge in [-0.2, -0.15) is 0 Å². The van der Waals surface area contributed by atoms with E-state index in [0.717, 1.165) is 31.2 Å². The lowest BCUT2D eigenvalue weighted by Crippen LogP contribution is -2.48. The Morgan fingerprint density at radius 3 is 2.50 bits per heavy atom. The van der Waals surface area contributed by atoms with Crippen molar-refractivity contribution >= 4 is 5.91 Å². The van der Waals surface area contributed by atoms with E-state index in [1.54, 1.807) is 0 Å². The van der Waals surface area contributed by atoms with E-state index in [9.17, 15) is 4.79 Å². The van der Waals surface area contributed by atoms with E-state index < -0.39 is 5.60 Å². The quantitative estimate of drug-likeness (QED) is 0.642. The van der Waals surface area contributed by atoms with E-state index in [4.69, 9.17) is 4.74 Å². The van der Waals surface area contributed by atoms with Crippen LogP contribution in [-0.2, 0) is 21.6 Å². The summed E-state index contributed by atoms with van der Waals surface area (Å²) in [5, 5.41) is 0. The van der Waals surface area contributed by atoms with Crippen LogP contribution >= 0.6 is 0 Å². The summed E-state index contributed by atoms with van der Waals surface area (Å²) >= 11 is 0. The number of pyridine rings is 1. The number of nitrogens with zero attached hydrogens (tertiary/aromatic N) is 2. The van der Waals surface area contributed by atoms with Crippen molar-refractivity contribution in [2.24, 2.45) is 0 Å².